The van der Waals surface area contributed by atoms with E-state index < -0.39 is 0 Å². The van der Waals surface area contributed by atoms with Crippen LogP contribution in [0.1, 0.15) is 24.1 Å². The minimum Gasteiger partial charge on any atom is -0.314 e. The van der Waals surface area contributed by atoms with E-state index in [0.717, 1.165) is 44.2 Å². The van der Waals surface area contributed by atoms with Gasteiger partial charge >= 0.3 is 0 Å². The lowest BCUT2D eigenvalue weighted by molar-refractivity contribution is 0.0868. The Kier molecular flexibility index (Phi) is 2.23. The summed E-state index contributed by atoms with van der Waals surface area (Å²) in [5.74, 6) is 2.29. The molecule has 0 aromatic carbocycles. The van der Waals surface area contributed by atoms with Gasteiger partial charge in [0.25, 0.3) is 0 Å². The molecule has 0 atom stereocenters. The molecule has 18 heavy (non-hydrogen) atoms. The van der Waals surface area contributed by atoms with Crippen LogP contribution < -0.4 is 0 Å². The van der Waals surface area contributed by atoms with Crippen LogP contribution >= 0.6 is 0 Å². The average molecular weight is 244 g/mol. The molecule has 0 N–H and O–H groups in total. The molecule has 0 unspecified atom stereocenters. The number of hydrogen-bond donors (Lipinski definition) is 0. The van der Waals surface area contributed by atoms with Crippen molar-refractivity contribution in [2.45, 2.75) is 32.0 Å². The number of fused-ring (bicyclic) bond motifs is 1. The molecule has 0 radical (unpaired) electrons. The van der Waals surface area contributed by atoms with Crippen LogP contribution in [-0.4, -0.2) is 42.5 Å². The minimum absolute atomic E-state index is 0.529. The number of aromatic nitrogens is 5. The smallest absolute Gasteiger partial charge is 0.147 e. The Bertz CT molecular complexity index is 537. The predicted octanol–water partition coefficient (Wildman–Crippen LogP) is 0.478. The Morgan fingerprint density at radius 2 is 2.22 bits per heavy atom. The molecule has 0 aliphatic carbocycles. The third kappa shape index (κ3) is 1.56. The maximum Gasteiger partial charge on any atom is 0.147 e. The number of aryl methyl sites for hydroxylation is 1. The van der Waals surface area contributed by atoms with Gasteiger partial charge in [-0.1, -0.05) is 0 Å². The standard InChI is InChI=1S/C12H16N6/c1-3-11-14-15-12(17(11)5-1)9-16-7-10(8-16)18-6-2-4-13-18/h2,4,6,10H,1,3,5,7-9H2. The molecule has 4 rings (SSSR count). The molecule has 1 fully saturated rings. The van der Waals surface area contributed by atoms with Gasteiger partial charge in [0.1, 0.15) is 11.6 Å². The molecule has 0 amide bonds. The molecule has 4 heterocycles. The zero-order valence-corrected chi connectivity index (χ0v) is 10.2. The second-order valence-corrected chi connectivity index (χ2v) is 5.12. The molecule has 0 bridgehead atoms. The fourth-order valence-corrected chi connectivity index (χ4v) is 2.86. The molecule has 6 heteroatoms. The highest BCUT2D eigenvalue weighted by Gasteiger charge is 2.30. The molecule has 6 nitrogen and oxygen atoms in total. The Morgan fingerprint density at radius 3 is 3.06 bits per heavy atom. The quantitative estimate of drug-likeness (QED) is 0.788. The van der Waals surface area contributed by atoms with Crippen molar-refractivity contribution in [3.63, 3.8) is 0 Å². The van der Waals surface area contributed by atoms with Crippen molar-refractivity contribution in [3.8, 4) is 0 Å². The number of hydrogen-bond acceptors (Lipinski definition) is 4. The van der Waals surface area contributed by atoms with Crippen LogP contribution in [0.15, 0.2) is 18.5 Å². The summed E-state index contributed by atoms with van der Waals surface area (Å²) < 4.78 is 4.33. The van der Waals surface area contributed by atoms with Crippen molar-refractivity contribution in [2.75, 3.05) is 13.1 Å². The van der Waals surface area contributed by atoms with Crippen LogP contribution in [0.4, 0.5) is 0 Å². The van der Waals surface area contributed by atoms with Gasteiger partial charge in [0.2, 0.25) is 0 Å². The summed E-state index contributed by atoms with van der Waals surface area (Å²) in [6, 6.07) is 2.51. The Morgan fingerprint density at radius 1 is 1.28 bits per heavy atom. The van der Waals surface area contributed by atoms with Gasteiger partial charge in [0.15, 0.2) is 0 Å². The molecule has 2 aromatic rings. The minimum atomic E-state index is 0.529. The monoisotopic (exact) mass is 244 g/mol. The maximum absolute atomic E-state index is 4.30. The molecule has 2 aliphatic heterocycles. The molecular formula is C12H16N6. The first-order valence-electron chi connectivity index (χ1n) is 6.52. The van der Waals surface area contributed by atoms with Crippen molar-refractivity contribution in [1.82, 2.24) is 29.4 Å². The fraction of sp³-hybridized carbons (Fsp3) is 0.583. The van der Waals surface area contributed by atoms with Crippen molar-refractivity contribution in [3.05, 3.63) is 30.1 Å². The van der Waals surface area contributed by atoms with E-state index in [4.69, 9.17) is 0 Å². The van der Waals surface area contributed by atoms with Gasteiger partial charge in [-0.3, -0.25) is 9.58 Å². The van der Waals surface area contributed by atoms with Crippen molar-refractivity contribution < 1.29 is 0 Å². The summed E-state index contributed by atoms with van der Waals surface area (Å²) in [6.45, 7) is 4.13. The summed E-state index contributed by atoms with van der Waals surface area (Å²) in [5, 5.41) is 12.8. The highest BCUT2D eigenvalue weighted by atomic mass is 15.4. The van der Waals surface area contributed by atoms with Crippen LogP contribution in [-0.2, 0) is 19.5 Å². The van der Waals surface area contributed by atoms with Crippen LogP contribution in [0, 0.1) is 0 Å². The maximum atomic E-state index is 4.30. The molecule has 2 aliphatic rings. The summed E-state index contributed by atoms with van der Waals surface area (Å²) in [7, 11) is 0. The van der Waals surface area contributed by atoms with E-state index in [-0.39, 0.29) is 0 Å². The van der Waals surface area contributed by atoms with Gasteiger partial charge in [-0.05, 0) is 12.5 Å². The first kappa shape index (κ1) is 10.3. The second-order valence-electron chi connectivity index (χ2n) is 5.12. The number of rotatable bonds is 3. The Hall–Kier alpha value is -1.69. The molecule has 94 valence electrons. The third-order valence-electron chi connectivity index (χ3n) is 3.89. The zero-order valence-electron chi connectivity index (χ0n) is 10.2. The molecule has 0 saturated carbocycles. The molecule has 1 saturated heterocycles. The second kappa shape index (κ2) is 3.91. The van der Waals surface area contributed by atoms with Gasteiger partial charge in [-0.2, -0.15) is 5.10 Å². The van der Waals surface area contributed by atoms with Crippen molar-refractivity contribution >= 4 is 0 Å². The van der Waals surface area contributed by atoms with E-state index in [1.54, 1.807) is 0 Å². The first-order valence-corrected chi connectivity index (χ1v) is 6.52. The normalized spacial score (nSPS) is 20.0. The lowest BCUT2D eigenvalue weighted by Gasteiger charge is -2.38. The molecule has 2 aromatic heterocycles. The summed E-state index contributed by atoms with van der Waals surface area (Å²) in [4.78, 5) is 2.40. The average Bonchev–Trinajstić information content (AvgIpc) is 3.01. The largest absolute Gasteiger partial charge is 0.314 e. The van der Waals surface area contributed by atoms with Crippen LogP contribution in [0.25, 0.3) is 0 Å². The van der Waals surface area contributed by atoms with E-state index in [9.17, 15) is 0 Å². The zero-order chi connectivity index (χ0) is 11.9. The highest BCUT2D eigenvalue weighted by molar-refractivity contribution is 5.02. The van der Waals surface area contributed by atoms with Crippen LogP contribution in [0.2, 0.25) is 0 Å². The van der Waals surface area contributed by atoms with Gasteiger partial charge in [0, 0.05) is 38.4 Å². The lowest BCUT2D eigenvalue weighted by atomic mass is 10.1. The number of likely N-dealkylation sites (tertiary alicyclic amines) is 1. The van der Waals surface area contributed by atoms with E-state index in [1.165, 1.54) is 6.42 Å². The first-order chi connectivity index (χ1) is 8.90. The summed E-state index contributed by atoms with van der Waals surface area (Å²) in [6.07, 6.45) is 6.18. The van der Waals surface area contributed by atoms with Crippen molar-refractivity contribution in [2.24, 2.45) is 0 Å². The lowest BCUT2D eigenvalue weighted by Crippen LogP contribution is -2.47. The SMILES string of the molecule is c1cnn(C2CN(Cc3nnc4n3CCC4)C2)c1. The van der Waals surface area contributed by atoms with Gasteiger partial charge < -0.3 is 4.57 Å². The van der Waals surface area contributed by atoms with E-state index in [2.05, 4.69) is 24.8 Å². The topological polar surface area (TPSA) is 51.8 Å². The van der Waals surface area contributed by atoms with Crippen molar-refractivity contribution in [1.29, 1.82) is 0 Å². The predicted molar refractivity (Wildman–Crippen MR) is 64.9 cm³/mol. The van der Waals surface area contributed by atoms with Gasteiger partial charge in [-0.25, -0.2) is 0 Å². The van der Waals surface area contributed by atoms with Gasteiger partial charge in [-0.15, -0.1) is 10.2 Å². The van der Waals surface area contributed by atoms with Gasteiger partial charge in [0.05, 0.1) is 12.6 Å². The third-order valence-corrected chi connectivity index (χ3v) is 3.89. The fourth-order valence-electron chi connectivity index (χ4n) is 2.86. The summed E-state index contributed by atoms with van der Waals surface area (Å²) in [5.41, 5.74) is 0. The van der Waals surface area contributed by atoms with Crippen LogP contribution in [0.3, 0.4) is 0 Å². The summed E-state index contributed by atoms with van der Waals surface area (Å²) >= 11 is 0. The Balaban J connectivity index is 1.40. The van der Waals surface area contributed by atoms with E-state index in [1.807, 2.05) is 23.1 Å². The van der Waals surface area contributed by atoms with E-state index >= 15 is 0 Å². The number of nitrogens with zero attached hydrogens (tertiary/aromatic N) is 6. The molecular weight excluding hydrogens is 228 g/mol. The molecule has 0 spiro atoms. The van der Waals surface area contributed by atoms with E-state index in [0.29, 0.717) is 6.04 Å². The highest BCUT2D eigenvalue weighted by Crippen LogP contribution is 2.23. The Labute approximate surface area is 105 Å². The van der Waals surface area contributed by atoms with Crippen LogP contribution in [0.5, 0.6) is 0 Å².